The Kier molecular flexibility index (Phi) is 5.69. The number of nitrogens with one attached hydrogen (secondary N) is 1. The molecule has 1 heterocycles. The van der Waals surface area contributed by atoms with Crippen molar-refractivity contribution in [3.63, 3.8) is 0 Å². The van der Waals surface area contributed by atoms with Crippen molar-refractivity contribution in [2.45, 2.75) is 18.0 Å². The minimum absolute atomic E-state index is 0.153. The second-order valence-corrected chi connectivity index (χ2v) is 10.3. The summed E-state index contributed by atoms with van der Waals surface area (Å²) in [6, 6.07) is 6.66. The predicted octanol–water partition coefficient (Wildman–Crippen LogP) is 2.83. The van der Waals surface area contributed by atoms with Crippen LogP contribution in [0.4, 0.5) is 24.5 Å². The standard InChI is InChI=1S/C18H17F3N2O6S2/c1-11-10-30(25,26)23(17(11)24)14-7-8-15(29-2)16(9-14)31(27,28)22-13-5-3-12(4-6-13)18(19,20)21/h3-9,11,22H,10H2,1-2H3. The maximum atomic E-state index is 12.9. The third-order valence-electron chi connectivity index (χ3n) is 4.50. The van der Waals surface area contributed by atoms with Crippen LogP contribution in [-0.2, 0) is 31.0 Å². The van der Waals surface area contributed by atoms with E-state index in [-0.39, 0.29) is 17.1 Å². The third-order valence-corrected chi connectivity index (χ3v) is 7.77. The van der Waals surface area contributed by atoms with Gasteiger partial charge in [-0.15, -0.1) is 0 Å². The fourth-order valence-electron chi connectivity index (χ4n) is 3.03. The zero-order valence-electron chi connectivity index (χ0n) is 16.2. The van der Waals surface area contributed by atoms with Gasteiger partial charge in [-0.2, -0.15) is 13.2 Å². The number of methoxy groups -OCH3 is 1. The fraction of sp³-hybridized carbons (Fsp3) is 0.278. The number of amides is 1. The number of halogens is 3. The molecule has 0 saturated carbocycles. The molecule has 2 aromatic rings. The lowest BCUT2D eigenvalue weighted by molar-refractivity contribution is -0.137. The van der Waals surface area contributed by atoms with Crippen LogP contribution in [0.5, 0.6) is 5.75 Å². The molecule has 0 radical (unpaired) electrons. The predicted molar refractivity (Wildman–Crippen MR) is 106 cm³/mol. The molecule has 8 nitrogen and oxygen atoms in total. The molecule has 1 N–H and O–H groups in total. The van der Waals surface area contributed by atoms with Gasteiger partial charge in [-0.1, -0.05) is 6.92 Å². The van der Waals surface area contributed by atoms with Gasteiger partial charge in [0, 0.05) is 5.69 Å². The minimum atomic E-state index is -4.58. The van der Waals surface area contributed by atoms with Crippen molar-refractivity contribution in [2.75, 3.05) is 21.9 Å². The summed E-state index contributed by atoms with van der Waals surface area (Å²) in [5, 5.41) is 0. The van der Waals surface area contributed by atoms with Gasteiger partial charge in [-0.25, -0.2) is 21.1 Å². The second-order valence-electron chi connectivity index (χ2n) is 6.80. The van der Waals surface area contributed by atoms with Crippen LogP contribution < -0.4 is 13.8 Å². The molecule has 31 heavy (non-hydrogen) atoms. The Bertz CT molecular complexity index is 1230. The zero-order chi connectivity index (χ0) is 23.2. The number of nitrogens with zero attached hydrogens (tertiary/aromatic N) is 1. The number of hydrogen-bond acceptors (Lipinski definition) is 6. The number of benzene rings is 2. The highest BCUT2D eigenvalue weighted by Gasteiger charge is 2.42. The SMILES string of the molecule is COc1ccc(N2C(=O)C(C)CS2(=O)=O)cc1S(=O)(=O)Nc1ccc(C(F)(F)F)cc1. The van der Waals surface area contributed by atoms with Crippen LogP contribution >= 0.6 is 0 Å². The summed E-state index contributed by atoms with van der Waals surface area (Å²) < 4.78 is 96.2. The zero-order valence-corrected chi connectivity index (χ0v) is 17.8. The van der Waals surface area contributed by atoms with Gasteiger partial charge >= 0.3 is 6.18 Å². The topological polar surface area (TPSA) is 110 Å². The molecule has 1 unspecified atom stereocenters. The van der Waals surface area contributed by atoms with E-state index in [0.29, 0.717) is 16.4 Å². The Morgan fingerprint density at radius 2 is 1.74 bits per heavy atom. The molecular formula is C18H17F3N2O6S2. The Morgan fingerprint density at radius 1 is 1.13 bits per heavy atom. The summed E-state index contributed by atoms with van der Waals surface area (Å²) in [7, 11) is -7.20. The molecule has 3 rings (SSSR count). The van der Waals surface area contributed by atoms with E-state index < -0.39 is 54.3 Å². The Morgan fingerprint density at radius 3 is 2.23 bits per heavy atom. The van der Waals surface area contributed by atoms with Gasteiger partial charge in [0.1, 0.15) is 10.6 Å². The van der Waals surface area contributed by atoms with E-state index in [4.69, 9.17) is 4.74 Å². The first-order valence-electron chi connectivity index (χ1n) is 8.71. The normalized spacial score (nSPS) is 18.8. The van der Waals surface area contributed by atoms with Gasteiger partial charge in [-0.05, 0) is 42.5 Å². The van der Waals surface area contributed by atoms with Crippen molar-refractivity contribution in [1.29, 1.82) is 0 Å². The molecule has 1 saturated heterocycles. The third kappa shape index (κ3) is 4.46. The van der Waals surface area contributed by atoms with E-state index in [2.05, 4.69) is 4.72 Å². The lowest BCUT2D eigenvalue weighted by Gasteiger charge is -2.18. The molecule has 1 fully saturated rings. The molecule has 0 spiro atoms. The number of sulfonamides is 2. The van der Waals surface area contributed by atoms with Crippen LogP contribution in [0.25, 0.3) is 0 Å². The highest BCUT2D eigenvalue weighted by atomic mass is 32.2. The van der Waals surface area contributed by atoms with Crippen molar-refractivity contribution in [3.05, 3.63) is 48.0 Å². The molecule has 0 aromatic heterocycles. The summed E-state index contributed by atoms with van der Waals surface area (Å²) in [4.78, 5) is 11.8. The summed E-state index contributed by atoms with van der Waals surface area (Å²) >= 11 is 0. The minimum Gasteiger partial charge on any atom is -0.495 e. The largest absolute Gasteiger partial charge is 0.495 e. The number of rotatable bonds is 5. The van der Waals surface area contributed by atoms with Gasteiger partial charge in [0.2, 0.25) is 15.9 Å². The first-order valence-corrected chi connectivity index (χ1v) is 11.8. The lowest BCUT2D eigenvalue weighted by Crippen LogP contribution is -2.30. The first-order chi connectivity index (χ1) is 14.3. The molecule has 1 aliphatic rings. The van der Waals surface area contributed by atoms with E-state index in [1.165, 1.54) is 26.2 Å². The highest BCUT2D eigenvalue weighted by molar-refractivity contribution is 7.94. The average Bonchev–Trinajstić information content (AvgIpc) is 2.87. The van der Waals surface area contributed by atoms with Gasteiger partial charge in [0.25, 0.3) is 10.0 Å². The fourth-order valence-corrected chi connectivity index (χ4v) is 6.09. The number of alkyl halides is 3. The summed E-state index contributed by atoms with van der Waals surface area (Å²) in [5.74, 6) is -2.06. The van der Waals surface area contributed by atoms with E-state index >= 15 is 0 Å². The van der Waals surface area contributed by atoms with E-state index in [0.717, 1.165) is 18.2 Å². The summed E-state index contributed by atoms with van der Waals surface area (Å²) in [6.07, 6.45) is -4.58. The molecule has 168 valence electrons. The van der Waals surface area contributed by atoms with Gasteiger partial charge in [-0.3, -0.25) is 9.52 Å². The van der Waals surface area contributed by atoms with Crippen LogP contribution in [0, 0.1) is 5.92 Å². The van der Waals surface area contributed by atoms with E-state index in [9.17, 15) is 34.8 Å². The van der Waals surface area contributed by atoms with Gasteiger partial charge in [0.15, 0.2) is 0 Å². The summed E-state index contributed by atoms with van der Waals surface area (Å²) in [5.41, 5.74) is -1.30. The average molecular weight is 478 g/mol. The maximum absolute atomic E-state index is 12.9. The van der Waals surface area contributed by atoms with Crippen LogP contribution in [0.2, 0.25) is 0 Å². The van der Waals surface area contributed by atoms with Gasteiger partial charge in [0.05, 0.1) is 30.0 Å². The number of carbonyl (C=O) groups excluding carboxylic acids is 1. The van der Waals surface area contributed by atoms with Crippen LogP contribution in [-0.4, -0.2) is 35.6 Å². The molecule has 2 aromatic carbocycles. The summed E-state index contributed by atoms with van der Waals surface area (Å²) in [6.45, 7) is 1.44. The van der Waals surface area contributed by atoms with Gasteiger partial charge < -0.3 is 4.74 Å². The number of ether oxygens (including phenoxy) is 1. The van der Waals surface area contributed by atoms with Crippen LogP contribution in [0.1, 0.15) is 12.5 Å². The van der Waals surface area contributed by atoms with Crippen molar-refractivity contribution in [3.8, 4) is 5.75 Å². The smallest absolute Gasteiger partial charge is 0.416 e. The Balaban J connectivity index is 2.01. The molecule has 1 amide bonds. The van der Waals surface area contributed by atoms with E-state index in [1.54, 1.807) is 0 Å². The van der Waals surface area contributed by atoms with Crippen LogP contribution in [0.15, 0.2) is 47.4 Å². The number of hydrogen-bond donors (Lipinski definition) is 1. The highest BCUT2D eigenvalue weighted by Crippen LogP contribution is 2.35. The van der Waals surface area contributed by atoms with Crippen molar-refractivity contribution >= 4 is 37.3 Å². The number of anilines is 2. The molecular weight excluding hydrogens is 461 g/mol. The maximum Gasteiger partial charge on any atom is 0.416 e. The quantitative estimate of drug-likeness (QED) is 0.708. The van der Waals surface area contributed by atoms with E-state index in [1.807, 2.05) is 0 Å². The molecule has 0 bridgehead atoms. The molecule has 0 aliphatic carbocycles. The monoisotopic (exact) mass is 478 g/mol. The van der Waals surface area contributed by atoms with Crippen molar-refractivity contribution in [2.24, 2.45) is 5.92 Å². The van der Waals surface area contributed by atoms with Crippen LogP contribution in [0.3, 0.4) is 0 Å². The molecule has 1 aliphatic heterocycles. The van der Waals surface area contributed by atoms with Crippen molar-refractivity contribution < 1.29 is 39.5 Å². The Labute approximate surface area is 176 Å². The lowest BCUT2D eigenvalue weighted by atomic mass is 10.2. The molecule has 1 atom stereocenters. The first kappa shape index (κ1) is 22.9. The number of carbonyl (C=O) groups is 1. The second kappa shape index (κ2) is 7.71. The Hall–Kier alpha value is -2.80. The molecule has 13 heteroatoms. The van der Waals surface area contributed by atoms with Crippen molar-refractivity contribution in [1.82, 2.24) is 0 Å².